The van der Waals surface area contributed by atoms with Crippen LogP contribution in [0, 0.1) is 13.8 Å². The van der Waals surface area contributed by atoms with E-state index < -0.39 is 5.91 Å². The first-order valence-electron chi connectivity index (χ1n) is 9.63. The Morgan fingerprint density at radius 2 is 2.00 bits per heavy atom. The number of hydrogen-bond donors (Lipinski definition) is 1. The first kappa shape index (κ1) is 18.5. The molecule has 1 saturated heterocycles. The van der Waals surface area contributed by atoms with Crippen LogP contribution >= 0.6 is 0 Å². The maximum absolute atomic E-state index is 12.7. The van der Waals surface area contributed by atoms with Crippen LogP contribution in [-0.2, 0) is 0 Å². The van der Waals surface area contributed by atoms with Gasteiger partial charge in [0.25, 0.3) is 5.91 Å². The number of rotatable bonds is 5. The van der Waals surface area contributed by atoms with E-state index in [0.717, 1.165) is 42.8 Å². The van der Waals surface area contributed by atoms with Gasteiger partial charge in [0.15, 0.2) is 11.2 Å². The topological polar surface area (TPSA) is 75.7 Å². The molecule has 0 spiro atoms. The van der Waals surface area contributed by atoms with Gasteiger partial charge in [-0.05, 0) is 69.1 Å². The number of fused-ring (bicyclic) bond motifs is 1. The van der Waals surface area contributed by atoms with Crippen LogP contribution in [0.25, 0.3) is 11.0 Å². The molecule has 0 saturated carbocycles. The lowest BCUT2D eigenvalue weighted by Gasteiger charge is -2.25. The van der Waals surface area contributed by atoms with Gasteiger partial charge >= 0.3 is 0 Å². The molecule has 3 heterocycles. The van der Waals surface area contributed by atoms with Crippen molar-refractivity contribution in [3.8, 4) is 0 Å². The molecule has 0 aliphatic carbocycles. The van der Waals surface area contributed by atoms with E-state index in [2.05, 4.69) is 10.2 Å². The van der Waals surface area contributed by atoms with Gasteiger partial charge < -0.3 is 14.2 Å². The number of nitrogens with zero attached hydrogens (tertiary/aromatic N) is 1. The standard InChI is InChI=1S/C22H24N2O4/c1-14-10-15(2)21-16(11-14)18(25)12-20(28-21)22(26)23-13-17(19-6-5-9-27-19)24-7-3-4-8-24/h5-6,9-12,17H,3-4,7-8,13H2,1-2H3,(H,23,26)/t17-/m0/s1. The first-order valence-corrected chi connectivity index (χ1v) is 9.63. The van der Waals surface area contributed by atoms with Gasteiger partial charge in [-0.1, -0.05) is 6.07 Å². The summed E-state index contributed by atoms with van der Waals surface area (Å²) in [6.45, 7) is 6.15. The maximum atomic E-state index is 12.7. The molecule has 0 bridgehead atoms. The molecule has 0 radical (unpaired) electrons. The summed E-state index contributed by atoms with van der Waals surface area (Å²) in [6.07, 6.45) is 3.93. The second-order valence-corrected chi connectivity index (χ2v) is 7.42. The highest BCUT2D eigenvalue weighted by Gasteiger charge is 2.26. The third-order valence-electron chi connectivity index (χ3n) is 5.29. The van der Waals surface area contributed by atoms with E-state index in [1.807, 2.05) is 32.0 Å². The van der Waals surface area contributed by atoms with E-state index in [0.29, 0.717) is 17.5 Å². The average molecular weight is 380 g/mol. The van der Waals surface area contributed by atoms with Crippen LogP contribution in [0.1, 0.15) is 46.3 Å². The van der Waals surface area contributed by atoms with Gasteiger partial charge in [-0.2, -0.15) is 0 Å². The summed E-state index contributed by atoms with van der Waals surface area (Å²) in [5.41, 5.74) is 2.08. The van der Waals surface area contributed by atoms with E-state index in [1.165, 1.54) is 6.07 Å². The van der Waals surface area contributed by atoms with Crippen LogP contribution in [0.2, 0.25) is 0 Å². The van der Waals surface area contributed by atoms with E-state index in [-0.39, 0.29) is 17.2 Å². The van der Waals surface area contributed by atoms with Gasteiger partial charge in [-0.15, -0.1) is 0 Å². The number of carbonyl (C=O) groups is 1. The van der Waals surface area contributed by atoms with E-state index in [1.54, 1.807) is 12.3 Å². The number of benzene rings is 1. The molecule has 6 heteroatoms. The van der Waals surface area contributed by atoms with Crippen LogP contribution in [0.3, 0.4) is 0 Å². The van der Waals surface area contributed by atoms with Crippen molar-refractivity contribution in [3.63, 3.8) is 0 Å². The molecule has 1 atom stereocenters. The molecule has 28 heavy (non-hydrogen) atoms. The molecule has 0 unspecified atom stereocenters. The molecule has 1 amide bonds. The molecule has 4 rings (SSSR count). The van der Waals surface area contributed by atoms with Crippen molar-refractivity contribution in [3.05, 3.63) is 69.5 Å². The summed E-state index contributed by atoms with van der Waals surface area (Å²) >= 11 is 0. The monoisotopic (exact) mass is 380 g/mol. The van der Waals surface area contributed by atoms with E-state index >= 15 is 0 Å². The molecule has 3 aromatic rings. The summed E-state index contributed by atoms with van der Waals surface area (Å²) in [5, 5.41) is 3.41. The fourth-order valence-electron chi connectivity index (χ4n) is 3.94. The van der Waals surface area contributed by atoms with Gasteiger partial charge in [-0.3, -0.25) is 14.5 Å². The summed E-state index contributed by atoms with van der Waals surface area (Å²) in [4.78, 5) is 27.5. The van der Waals surface area contributed by atoms with E-state index in [9.17, 15) is 9.59 Å². The Hall–Kier alpha value is -2.86. The molecule has 1 N–H and O–H groups in total. The summed E-state index contributed by atoms with van der Waals surface area (Å²) < 4.78 is 11.4. The zero-order valence-electron chi connectivity index (χ0n) is 16.2. The fraction of sp³-hybridized carbons (Fsp3) is 0.364. The molecule has 1 aromatic carbocycles. The van der Waals surface area contributed by atoms with Crippen molar-refractivity contribution >= 4 is 16.9 Å². The smallest absolute Gasteiger partial charge is 0.287 e. The molecule has 1 aliphatic rings. The zero-order valence-corrected chi connectivity index (χ0v) is 16.2. The Labute approximate surface area is 163 Å². The van der Waals surface area contributed by atoms with Crippen molar-refractivity contribution in [2.45, 2.75) is 32.7 Å². The summed E-state index contributed by atoms with van der Waals surface area (Å²) in [6, 6.07) is 8.75. The Bertz CT molecular complexity index is 1050. The Kier molecular flexibility index (Phi) is 5.05. The highest BCUT2D eigenvalue weighted by Crippen LogP contribution is 2.25. The lowest BCUT2D eigenvalue weighted by molar-refractivity contribution is 0.0906. The molecule has 1 fully saturated rings. The highest BCUT2D eigenvalue weighted by molar-refractivity contribution is 5.93. The molecule has 2 aromatic heterocycles. The van der Waals surface area contributed by atoms with Gasteiger partial charge in [0.05, 0.1) is 17.7 Å². The minimum absolute atomic E-state index is 0.0296. The predicted molar refractivity (Wildman–Crippen MR) is 107 cm³/mol. The number of nitrogens with one attached hydrogen (secondary N) is 1. The van der Waals surface area contributed by atoms with Crippen LogP contribution in [-0.4, -0.2) is 30.4 Å². The average Bonchev–Trinajstić information content (AvgIpc) is 3.37. The number of furan rings is 1. The number of likely N-dealkylation sites (tertiary alicyclic amines) is 1. The van der Waals surface area contributed by atoms with Crippen molar-refractivity contribution in [2.24, 2.45) is 0 Å². The Morgan fingerprint density at radius 1 is 1.21 bits per heavy atom. The van der Waals surface area contributed by atoms with Crippen molar-refractivity contribution in [2.75, 3.05) is 19.6 Å². The van der Waals surface area contributed by atoms with Crippen molar-refractivity contribution in [1.29, 1.82) is 0 Å². The zero-order chi connectivity index (χ0) is 19.7. The van der Waals surface area contributed by atoms with E-state index in [4.69, 9.17) is 8.83 Å². The Morgan fingerprint density at radius 3 is 2.71 bits per heavy atom. The summed E-state index contributed by atoms with van der Waals surface area (Å²) in [7, 11) is 0. The van der Waals surface area contributed by atoms with Crippen LogP contribution in [0.4, 0.5) is 0 Å². The van der Waals surface area contributed by atoms with Crippen LogP contribution in [0.15, 0.2) is 50.2 Å². The van der Waals surface area contributed by atoms with Crippen molar-refractivity contribution in [1.82, 2.24) is 10.2 Å². The van der Waals surface area contributed by atoms with Gasteiger partial charge in [-0.25, -0.2) is 0 Å². The quantitative estimate of drug-likeness (QED) is 0.732. The highest BCUT2D eigenvalue weighted by atomic mass is 16.3. The normalized spacial score (nSPS) is 15.8. The third-order valence-corrected chi connectivity index (χ3v) is 5.29. The fourth-order valence-corrected chi connectivity index (χ4v) is 3.94. The summed E-state index contributed by atoms with van der Waals surface area (Å²) in [5.74, 6) is 0.465. The first-order chi connectivity index (χ1) is 13.5. The van der Waals surface area contributed by atoms with Crippen LogP contribution in [0.5, 0.6) is 0 Å². The molecule has 146 valence electrons. The number of amides is 1. The maximum Gasteiger partial charge on any atom is 0.287 e. The largest absolute Gasteiger partial charge is 0.468 e. The number of carbonyl (C=O) groups excluding carboxylic acids is 1. The minimum atomic E-state index is -0.394. The SMILES string of the molecule is Cc1cc(C)c2oc(C(=O)NC[C@@H](c3ccco3)N3CCCC3)cc(=O)c2c1. The second kappa shape index (κ2) is 7.64. The number of aryl methyl sites for hydroxylation is 2. The Balaban J connectivity index is 1.57. The molecule has 6 nitrogen and oxygen atoms in total. The van der Waals surface area contributed by atoms with Gasteiger partial charge in [0.1, 0.15) is 11.3 Å². The predicted octanol–water partition coefficient (Wildman–Crippen LogP) is 3.57. The third kappa shape index (κ3) is 3.60. The molecular weight excluding hydrogens is 356 g/mol. The molecular formula is C22H24N2O4. The second-order valence-electron chi connectivity index (χ2n) is 7.42. The minimum Gasteiger partial charge on any atom is -0.468 e. The molecule has 1 aliphatic heterocycles. The van der Waals surface area contributed by atoms with Crippen molar-refractivity contribution < 1.29 is 13.6 Å². The van der Waals surface area contributed by atoms with Gasteiger partial charge in [0.2, 0.25) is 0 Å². The lowest BCUT2D eigenvalue weighted by Crippen LogP contribution is -2.36. The van der Waals surface area contributed by atoms with Crippen LogP contribution < -0.4 is 10.7 Å². The van der Waals surface area contributed by atoms with Gasteiger partial charge in [0, 0.05) is 12.6 Å². The lowest BCUT2D eigenvalue weighted by atomic mass is 10.1. The number of hydrogen-bond acceptors (Lipinski definition) is 5.